The predicted molar refractivity (Wildman–Crippen MR) is 91.8 cm³/mol. The van der Waals surface area contributed by atoms with Crippen molar-refractivity contribution in [3.63, 3.8) is 0 Å². The quantitative estimate of drug-likeness (QED) is 0.533. The zero-order chi connectivity index (χ0) is 17.2. The standard InChI is InChI=1S/C16H17N7O2/c24-23(25)14-15(21-9-5-1-2-6-10-21)17-11-18-16(14)22-13-8-4-3-7-12(13)19-20-22/h3-4,7-8,11H,1-2,5-6,9-10H2. The molecule has 9 heteroatoms. The maximum atomic E-state index is 11.8. The minimum atomic E-state index is -0.425. The van der Waals surface area contributed by atoms with Crippen LogP contribution in [0.5, 0.6) is 0 Å². The Bertz CT molecular complexity index is 916. The highest BCUT2D eigenvalue weighted by molar-refractivity contribution is 5.77. The normalized spacial score (nSPS) is 15.3. The van der Waals surface area contributed by atoms with Crippen molar-refractivity contribution in [3.05, 3.63) is 40.7 Å². The van der Waals surface area contributed by atoms with E-state index in [9.17, 15) is 10.1 Å². The minimum Gasteiger partial charge on any atom is -0.351 e. The summed E-state index contributed by atoms with van der Waals surface area (Å²) in [6.45, 7) is 1.52. The fourth-order valence-corrected chi connectivity index (χ4v) is 3.22. The molecule has 3 heterocycles. The molecule has 25 heavy (non-hydrogen) atoms. The molecule has 0 amide bonds. The first kappa shape index (κ1) is 15.4. The number of fused-ring (bicyclic) bond motifs is 1. The lowest BCUT2D eigenvalue weighted by Crippen LogP contribution is -2.26. The van der Waals surface area contributed by atoms with Gasteiger partial charge in [-0.25, -0.2) is 9.97 Å². The zero-order valence-electron chi connectivity index (χ0n) is 13.6. The Balaban J connectivity index is 1.88. The summed E-state index contributed by atoms with van der Waals surface area (Å²) in [6.07, 6.45) is 5.64. The van der Waals surface area contributed by atoms with Crippen LogP contribution in [0.4, 0.5) is 11.5 Å². The molecule has 9 nitrogen and oxygen atoms in total. The molecule has 0 atom stereocenters. The molecule has 0 saturated carbocycles. The van der Waals surface area contributed by atoms with Crippen molar-refractivity contribution in [1.29, 1.82) is 0 Å². The fourth-order valence-electron chi connectivity index (χ4n) is 3.22. The highest BCUT2D eigenvalue weighted by Crippen LogP contribution is 2.32. The zero-order valence-corrected chi connectivity index (χ0v) is 13.6. The summed E-state index contributed by atoms with van der Waals surface area (Å²) in [7, 11) is 0. The van der Waals surface area contributed by atoms with E-state index in [4.69, 9.17) is 0 Å². The third kappa shape index (κ3) is 2.77. The Labute approximate surface area is 143 Å². The van der Waals surface area contributed by atoms with Crippen LogP contribution >= 0.6 is 0 Å². The first-order valence-corrected chi connectivity index (χ1v) is 8.31. The molecule has 2 aromatic heterocycles. The Morgan fingerprint density at radius 1 is 1.00 bits per heavy atom. The number of hydrogen-bond acceptors (Lipinski definition) is 7. The van der Waals surface area contributed by atoms with Crippen LogP contribution in [0.15, 0.2) is 30.6 Å². The number of rotatable bonds is 3. The lowest BCUT2D eigenvalue weighted by atomic mass is 10.2. The van der Waals surface area contributed by atoms with Crippen molar-refractivity contribution in [2.45, 2.75) is 25.7 Å². The van der Waals surface area contributed by atoms with Crippen molar-refractivity contribution in [1.82, 2.24) is 25.0 Å². The molecule has 1 aliphatic rings. The number of hydrogen-bond donors (Lipinski definition) is 0. The van der Waals surface area contributed by atoms with E-state index >= 15 is 0 Å². The summed E-state index contributed by atoms with van der Waals surface area (Å²) in [5.41, 5.74) is 1.21. The van der Waals surface area contributed by atoms with Crippen molar-refractivity contribution < 1.29 is 4.92 Å². The number of anilines is 1. The second-order valence-corrected chi connectivity index (χ2v) is 6.02. The van der Waals surface area contributed by atoms with Crippen LogP contribution < -0.4 is 4.90 Å². The van der Waals surface area contributed by atoms with E-state index in [1.165, 1.54) is 11.0 Å². The van der Waals surface area contributed by atoms with E-state index in [2.05, 4.69) is 20.3 Å². The van der Waals surface area contributed by atoms with Gasteiger partial charge in [-0.1, -0.05) is 30.2 Å². The van der Waals surface area contributed by atoms with Gasteiger partial charge in [-0.2, -0.15) is 4.68 Å². The number of nitro groups is 1. The van der Waals surface area contributed by atoms with Crippen LogP contribution in [0.2, 0.25) is 0 Å². The van der Waals surface area contributed by atoms with Gasteiger partial charge >= 0.3 is 5.69 Å². The van der Waals surface area contributed by atoms with E-state index in [1.807, 2.05) is 29.2 Å². The molecule has 0 spiro atoms. The first-order chi connectivity index (χ1) is 12.3. The Morgan fingerprint density at radius 2 is 1.72 bits per heavy atom. The van der Waals surface area contributed by atoms with Gasteiger partial charge in [0, 0.05) is 13.1 Å². The summed E-state index contributed by atoms with van der Waals surface area (Å²) in [5.74, 6) is 0.504. The van der Waals surface area contributed by atoms with Gasteiger partial charge in [0.25, 0.3) is 0 Å². The van der Waals surface area contributed by atoms with Gasteiger partial charge in [0.2, 0.25) is 11.6 Å². The topological polar surface area (TPSA) is 103 Å². The smallest absolute Gasteiger partial charge is 0.351 e. The van der Waals surface area contributed by atoms with E-state index in [0.717, 1.165) is 38.8 Å². The molecule has 1 aliphatic heterocycles. The fraction of sp³-hybridized carbons (Fsp3) is 0.375. The van der Waals surface area contributed by atoms with E-state index in [1.54, 1.807) is 0 Å². The average Bonchev–Trinajstić information content (AvgIpc) is 2.87. The van der Waals surface area contributed by atoms with Crippen molar-refractivity contribution in [2.24, 2.45) is 0 Å². The van der Waals surface area contributed by atoms with E-state index in [0.29, 0.717) is 16.9 Å². The van der Waals surface area contributed by atoms with Crippen molar-refractivity contribution >= 4 is 22.5 Å². The number of para-hydroxylation sites is 1. The largest absolute Gasteiger partial charge is 0.355 e. The molecule has 4 rings (SSSR count). The maximum absolute atomic E-state index is 11.8. The Morgan fingerprint density at radius 3 is 2.48 bits per heavy atom. The van der Waals surface area contributed by atoms with Crippen LogP contribution in [0.1, 0.15) is 25.7 Å². The molecule has 1 saturated heterocycles. The lowest BCUT2D eigenvalue weighted by Gasteiger charge is -2.21. The first-order valence-electron chi connectivity index (χ1n) is 8.31. The predicted octanol–water partition coefficient (Wildman–Crippen LogP) is 2.50. The lowest BCUT2D eigenvalue weighted by molar-refractivity contribution is -0.384. The van der Waals surface area contributed by atoms with Gasteiger partial charge in [0.15, 0.2) is 0 Å². The van der Waals surface area contributed by atoms with Crippen LogP contribution in [0.3, 0.4) is 0 Å². The van der Waals surface area contributed by atoms with Gasteiger partial charge in [-0.15, -0.1) is 5.10 Å². The van der Waals surface area contributed by atoms with Gasteiger partial charge in [0.1, 0.15) is 11.8 Å². The molecule has 1 fully saturated rings. The summed E-state index contributed by atoms with van der Waals surface area (Å²) >= 11 is 0. The molecule has 1 aromatic carbocycles. The number of nitrogens with zero attached hydrogens (tertiary/aromatic N) is 7. The monoisotopic (exact) mass is 339 g/mol. The Hall–Kier alpha value is -3.10. The van der Waals surface area contributed by atoms with Crippen LogP contribution in [0, 0.1) is 10.1 Å². The molecule has 3 aromatic rings. The molecular formula is C16H17N7O2. The van der Waals surface area contributed by atoms with Gasteiger partial charge < -0.3 is 4.90 Å². The summed E-state index contributed by atoms with van der Waals surface area (Å²) in [4.78, 5) is 21.8. The summed E-state index contributed by atoms with van der Waals surface area (Å²) < 4.78 is 1.41. The number of aromatic nitrogens is 5. The molecular weight excluding hydrogens is 322 g/mol. The second kappa shape index (κ2) is 6.42. The van der Waals surface area contributed by atoms with Crippen molar-refractivity contribution in [2.75, 3.05) is 18.0 Å². The summed E-state index contributed by atoms with van der Waals surface area (Å²) in [5, 5.41) is 20.0. The van der Waals surface area contributed by atoms with E-state index in [-0.39, 0.29) is 11.5 Å². The minimum absolute atomic E-state index is 0.125. The van der Waals surface area contributed by atoms with E-state index < -0.39 is 4.92 Å². The molecule has 0 N–H and O–H groups in total. The highest BCUT2D eigenvalue weighted by atomic mass is 16.6. The highest BCUT2D eigenvalue weighted by Gasteiger charge is 2.29. The van der Waals surface area contributed by atoms with Crippen LogP contribution in [-0.4, -0.2) is 43.0 Å². The third-order valence-corrected chi connectivity index (χ3v) is 4.42. The number of benzene rings is 1. The SMILES string of the molecule is O=[N+]([O-])c1c(N2CCCCCC2)ncnc1-n1nnc2ccccc21. The van der Waals surface area contributed by atoms with Crippen LogP contribution in [0.25, 0.3) is 16.9 Å². The van der Waals surface area contributed by atoms with Crippen LogP contribution in [-0.2, 0) is 0 Å². The molecule has 0 radical (unpaired) electrons. The van der Waals surface area contributed by atoms with Crippen molar-refractivity contribution in [3.8, 4) is 5.82 Å². The molecule has 0 unspecified atom stereocenters. The average molecular weight is 339 g/mol. The van der Waals surface area contributed by atoms with Gasteiger partial charge in [-0.3, -0.25) is 10.1 Å². The summed E-state index contributed by atoms with van der Waals surface area (Å²) in [6, 6.07) is 7.30. The Kier molecular flexibility index (Phi) is 3.96. The second-order valence-electron chi connectivity index (χ2n) is 6.02. The maximum Gasteiger partial charge on any atom is 0.355 e. The molecule has 128 valence electrons. The molecule has 0 aliphatic carbocycles. The van der Waals surface area contributed by atoms with Gasteiger partial charge in [-0.05, 0) is 25.0 Å². The third-order valence-electron chi connectivity index (χ3n) is 4.42. The molecule has 0 bridgehead atoms. The van der Waals surface area contributed by atoms with Gasteiger partial charge in [0.05, 0.1) is 10.4 Å².